The van der Waals surface area contributed by atoms with Crippen LogP contribution in [0.4, 0.5) is 5.00 Å². The Bertz CT molecular complexity index is 1200. The van der Waals surface area contributed by atoms with E-state index in [1.54, 1.807) is 23.2 Å². The molecule has 3 amide bonds. The van der Waals surface area contributed by atoms with E-state index in [2.05, 4.69) is 10.3 Å². The summed E-state index contributed by atoms with van der Waals surface area (Å²) in [6.45, 7) is 1.92. The summed E-state index contributed by atoms with van der Waals surface area (Å²) in [5, 5.41) is 3.60. The molecule has 3 heterocycles. The number of rotatable bonds is 4. The van der Waals surface area contributed by atoms with Crippen LogP contribution in [0.3, 0.4) is 0 Å². The van der Waals surface area contributed by atoms with Crippen molar-refractivity contribution >= 4 is 34.1 Å². The number of piperazine rings is 1. The number of fused-ring (bicyclic) bond motifs is 1. The van der Waals surface area contributed by atoms with E-state index in [9.17, 15) is 14.4 Å². The number of carbonyl (C=O) groups is 3. The fourth-order valence-electron chi connectivity index (χ4n) is 4.59. The number of carbonyl (C=O) groups excluding carboxylic acids is 3. The Labute approximate surface area is 202 Å². The Morgan fingerprint density at radius 2 is 1.50 bits per heavy atom. The van der Waals surface area contributed by atoms with Gasteiger partial charge in [-0.05, 0) is 55.5 Å². The Morgan fingerprint density at radius 1 is 0.824 bits per heavy atom. The molecule has 1 aliphatic heterocycles. The lowest BCUT2D eigenvalue weighted by atomic mass is 9.95. The molecule has 174 valence electrons. The van der Waals surface area contributed by atoms with Crippen molar-refractivity contribution in [1.82, 2.24) is 14.8 Å². The Balaban J connectivity index is 1.34. The number of pyridine rings is 1. The Morgan fingerprint density at radius 3 is 2.21 bits per heavy atom. The van der Waals surface area contributed by atoms with E-state index in [0.29, 0.717) is 47.9 Å². The number of anilines is 1. The fourth-order valence-corrected chi connectivity index (χ4v) is 5.86. The summed E-state index contributed by atoms with van der Waals surface area (Å²) < 4.78 is 0. The third kappa shape index (κ3) is 4.46. The number of hydrogen-bond donors (Lipinski definition) is 1. The molecule has 1 aliphatic carbocycles. The normalized spacial score (nSPS) is 15.5. The summed E-state index contributed by atoms with van der Waals surface area (Å²) >= 11 is 1.52. The average molecular weight is 475 g/mol. The van der Waals surface area contributed by atoms with E-state index in [1.807, 2.05) is 35.2 Å². The Kier molecular flexibility index (Phi) is 6.40. The fraction of sp³-hybridized carbons (Fsp3) is 0.308. The molecule has 1 aromatic carbocycles. The largest absolute Gasteiger partial charge is 0.335 e. The van der Waals surface area contributed by atoms with Gasteiger partial charge in [0.1, 0.15) is 5.00 Å². The lowest BCUT2D eigenvalue weighted by Gasteiger charge is -2.35. The highest BCUT2D eigenvalue weighted by Gasteiger charge is 2.32. The second kappa shape index (κ2) is 9.77. The first-order valence-electron chi connectivity index (χ1n) is 11.6. The van der Waals surface area contributed by atoms with E-state index < -0.39 is 0 Å². The third-order valence-corrected chi connectivity index (χ3v) is 7.62. The molecule has 1 N–H and O–H groups in total. The van der Waals surface area contributed by atoms with Gasteiger partial charge in [0.25, 0.3) is 17.7 Å². The zero-order chi connectivity index (χ0) is 23.5. The first-order chi connectivity index (χ1) is 16.6. The Hall–Kier alpha value is -3.52. The van der Waals surface area contributed by atoms with Gasteiger partial charge in [0, 0.05) is 49.0 Å². The van der Waals surface area contributed by atoms with Crippen LogP contribution < -0.4 is 5.32 Å². The van der Waals surface area contributed by atoms with Crippen molar-refractivity contribution in [2.45, 2.75) is 25.7 Å². The van der Waals surface area contributed by atoms with E-state index in [4.69, 9.17) is 0 Å². The van der Waals surface area contributed by atoms with Gasteiger partial charge in [-0.2, -0.15) is 0 Å². The van der Waals surface area contributed by atoms with Gasteiger partial charge < -0.3 is 15.1 Å². The number of hydrogen-bond acceptors (Lipinski definition) is 5. The molecule has 0 spiro atoms. The maximum Gasteiger partial charge on any atom is 0.257 e. The third-order valence-electron chi connectivity index (χ3n) is 6.41. The number of thiophene rings is 1. The van der Waals surface area contributed by atoms with Crippen LogP contribution in [0.1, 0.15) is 54.4 Å². The van der Waals surface area contributed by atoms with Gasteiger partial charge in [-0.1, -0.05) is 18.2 Å². The van der Waals surface area contributed by atoms with Crippen molar-refractivity contribution in [2.24, 2.45) is 0 Å². The number of aryl methyl sites for hydroxylation is 1. The van der Waals surface area contributed by atoms with Gasteiger partial charge in [0.2, 0.25) is 0 Å². The molecule has 0 saturated carbocycles. The topological polar surface area (TPSA) is 82.6 Å². The summed E-state index contributed by atoms with van der Waals surface area (Å²) in [7, 11) is 0. The van der Waals surface area contributed by atoms with Crippen LogP contribution in [0, 0.1) is 0 Å². The van der Waals surface area contributed by atoms with Crippen molar-refractivity contribution in [3.63, 3.8) is 0 Å². The molecule has 1 fully saturated rings. The van der Waals surface area contributed by atoms with Crippen LogP contribution in [-0.4, -0.2) is 58.7 Å². The zero-order valence-corrected chi connectivity index (χ0v) is 19.6. The zero-order valence-electron chi connectivity index (χ0n) is 18.8. The maximum absolute atomic E-state index is 13.7. The van der Waals surface area contributed by atoms with Gasteiger partial charge >= 0.3 is 0 Å². The van der Waals surface area contributed by atoms with Gasteiger partial charge in [0.05, 0.1) is 11.1 Å². The van der Waals surface area contributed by atoms with Crippen molar-refractivity contribution in [1.29, 1.82) is 0 Å². The van der Waals surface area contributed by atoms with Gasteiger partial charge in [-0.15, -0.1) is 11.3 Å². The average Bonchev–Trinajstić information content (AvgIpc) is 3.26. The summed E-state index contributed by atoms with van der Waals surface area (Å²) in [5.74, 6) is -0.336. The second-order valence-corrected chi connectivity index (χ2v) is 9.67. The van der Waals surface area contributed by atoms with E-state index in [1.165, 1.54) is 22.4 Å². The van der Waals surface area contributed by atoms with Crippen molar-refractivity contribution < 1.29 is 14.4 Å². The molecule has 5 rings (SSSR count). The molecule has 1 saturated heterocycles. The number of nitrogens with zero attached hydrogens (tertiary/aromatic N) is 3. The molecule has 0 unspecified atom stereocenters. The molecular formula is C26H26N4O3S. The lowest BCUT2D eigenvalue weighted by Crippen LogP contribution is -2.50. The summed E-state index contributed by atoms with van der Waals surface area (Å²) in [5.41, 5.74) is 2.82. The summed E-state index contributed by atoms with van der Waals surface area (Å²) in [6.07, 6.45) is 7.06. The van der Waals surface area contributed by atoms with Crippen LogP contribution in [0.5, 0.6) is 0 Å². The lowest BCUT2D eigenvalue weighted by molar-refractivity contribution is 0.0535. The molecule has 2 aliphatic rings. The minimum atomic E-state index is -0.265. The first kappa shape index (κ1) is 22.3. The number of nitrogens with one attached hydrogen (secondary N) is 1. The van der Waals surface area contributed by atoms with Crippen LogP contribution in [0.2, 0.25) is 0 Å². The van der Waals surface area contributed by atoms with Crippen molar-refractivity contribution in [2.75, 3.05) is 31.5 Å². The quantitative estimate of drug-likeness (QED) is 0.622. The molecule has 8 heteroatoms. The molecule has 2 aromatic heterocycles. The SMILES string of the molecule is O=C(Nc1sc2c(c1C(=O)N1CCN(C(=O)c3ccccc3)CC1)CCCC2)c1cccnc1. The highest BCUT2D eigenvalue weighted by Crippen LogP contribution is 2.39. The maximum atomic E-state index is 13.7. The monoisotopic (exact) mass is 474 g/mol. The van der Waals surface area contributed by atoms with Crippen LogP contribution in [0.25, 0.3) is 0 Å². The van der Waals surface area contributed by atoms with E-state index >= 15 is 0 Å². The molecule has 34 heavy (non-hydrogen) atoms. The molecule has 0 bridgehead atoms. The first-order valence-corrected chi connectivity index (χ1v) is 12.4. The van der Waals surface area contributed by atoms with Crippen LogP contribution in [-0.2, 0) is 12.8 Å². The molecule has 0 radical (unpaired) electrons. The molecular weight excluding hydrogens is 448 g/mol. The number of amides is 3. The molecule has 0 atom stereocenters. The van der Waals surface area contributed by atoms with Gasteiger partial charge in [-0.3, -0.25) is 19.4 Å². The second-order valence-electron chi connectivity index (χ2n) is 8.56. The summed E-state index contributed by atoms with van der Waals surface area (Å²) in [4.78, 5) is 48.1. The van der Waals surface area contributed by atoms with Crippen LogP contribution >= 0.6 is 11.3 Å². The predicted molar refractivity (Wildman–Crippen MR) is 131 cm³/mol. The predicted octanol–water partition coefficient (Wildman–Crippen LogP) is 3.87. The van der Waals surface area contributed by atoms with Gasteiger partial charge in [-0.25, -0.2) is 0 Å². The van der Waals surface area contributed by atoms with Crippen molar-refractivity contribution in [3.8, 4) is 0 Å². The summed E-state index contributed by atoms with van der Waals surface area (Å²) in [6, 6.07) is 12.7. The van der Waals surface area contributed by atoms with E-state index in [0.717, 1.165) is 31.2 Å². The van der Waals surface area contributed by atoms with Gasteiger partial charge in [0.15, 0.2) is 0 Å². The highest BCUT2D eigenvalue weighted by molar-refractivity contribution is 7.17. The number of aromatic nitrogens is 1. The standard InChI is InChI=1S/C26H26N4O3S/c31-23(19-9-6-12-27-17-19)28-24-22(20-10-4-5-11-21(20)34-24)26(33)30-15-13-29(14-16-30)25(32)18-7-2-1-3-8-18/h1-3,6-9,12,17H,4-5,10-11,13-16H2,(H,28,31). The minimum absolute atomic E-state index is 0.00923. The smallest absolute Gasteiger partial charge is 0.257 e. The molecule has 7 nitrogen and oxygen atoms in total. The number of benzene rings is 1. The highest BCUT2D eigenvalue weighted by atomic mass is 32.1. The van der Waals surface area contributed by atoms with Crippen molar-refractivity contribution in [3.05, 3.63) is 82.0 Å². The van der Waals surface area contributed by atoms with E-state index in [-0.39, 0.29) is 17.7 Å². The molecule has 3 aromatic rings. The minimum Gasteiger partial charge on any atom is -0.335 e. The van der Waals surface area contributed by atoms with Crippen LogP contribution in [0.15, 0.2) is 54.9 Å².